The Hall–Kier alpha value is -1.63. The number of ether oxygens (including phenoxy) is 1. The quantitative estimate of drug-likeness (QED) is 0.743. The second kappa shape index (κ2) is 9.75. The second-order valence-corrected chi connectivity index (χ2v) is 6.41. The lowest BCUT2D eigenvalue weighted by Crippen LogP contribution is -2.46. The van der Waals surface area contributed by atoms with Gasteiger partial charge in [0.15, 0.2) is 0 Å². The fourth-order valence-electron chi connectivity index (χ4n) is 3.15. The molecule has 0 bridgehead atoms. The molecule has 0 aromatic heterocycles. The van der Waals surface area contributed by atoms with Crippen molar-refractivity contribution in [3.8, 4) is 0 Å². The van der Waals surface area contributed by atoms with Gasteiger partial charge in [0, 0.05) is 18.8 Å². The van der Waals surface area contributed by atoms with Crippen molar-refractivity contribution in [2.24, 2.45) is 0 Å². The van der Waals surface area contributed by atoms with Crippen LogP contribution in [0.2, 0.25) is 0 Å². The van der Waals surface area contributed by atoms with E-state index in [2.05, 4.69) is 16.0 Å². The SMILES string of the molecule is Cl.O=C(NCc1cccc(NC(=O)C2CCCO2)c1)C1CCCCN1. The first-order chi connectivity index (χ1) is 11.7. The van der Waals surface area contributed by atoms with Crippen molar-refractivity contribution < 1.29 is 14.3 Å². The van der Waals surface area contributed by atoms with E-state index in [-0.39, 0.29) is 36.4 Å². The van der Waals surface area contributed by atoms with Crippen molar-refractivity contribution in [2.45, 2.75) is 50.8 Å². The molecule has 2 amide bonds. The van der Waals surface area contributed by atoms with Crippen LogP contribution in [0.5, 0.6) is 0 Å². The Balaban J connectivity index is 0.00000225. The van der Waals surface area contributed by atoms with Crippen molar-refractivity contribution in [1.29, 1.82) is 0 Å². The molecule has 0 spiro atoms. The molecule has 0 radical (unpaired) electrons. The van der Waals surface area contributed by atoms with Gasteiger partial charge in [-0.2, -0.15) is 0 Å². The minimum absolute atomic E-state index is 0. The third-order valence-corrected chi connectivity index (χ3v) is 4.51. The molecule has 7 heteroatoms. The second-order valence-electron chi connectivity index (χ2n) is 6.41. The molecule has 1 aromatic carbocycles. The summed E-state index contributed by atoms with van der Waals surface area (Å²) in [6, 6.07) is 7.48. The highest BCUT2D eigenvalue weighted by Crippen LogP contribution is 2.16. The highest BCUT2D eigenvalue weighted by Gasteiger charge is 2.23. The minimum Gasteiger partial charge on any atom is -0.368 e. The van der Waals surface area contributed by atoms with Crippen LogP contribution >= 0.6 is 12.4 Å². The predicted octanol–water partition coefficient (Wildman–Crippen LogP) is 1.98. The number of nitrogens with one attached hydrogen (secondary N) is 3. The van der Waals surface area contributed by atoms with Crippen molar-refractivity contribution in [2.75, 3.05) is 18.5 Å². The Morgan fingerprint density at radius 3 is 2.76 bits per heavy atom. The molecule has 25 heavy (non-hydrogen) atoms. The summed E-state index contributed by atoms with van der Waals surface area (Å²) in [5.41, 5.74) is 1.70. The molecule has 0 saturated carbocycles. The van der Waals surface area contributed by atoms with Gasteiger partial charge in [-0.25, -0.2) is 0 Å². The average molecular weight is 368 g/mol. The van der Waals surface area contributed by atoms with Gasteiger partial charge >= 0.3 is 0 Å². The summed E-state index contributed by atoms with van der Waals surface area (Å²) in [5, 5.41) is 9.09. The molecule has 138 valence electrons. The number of benzene rings is 1. The Kier molecular flexibility index (Phi) is 7.68. The summed E-state index contributed by atoms with van der Waals surface area (Å²) < 4.78 is 5.39. The normalized spacial score (nSPS) is 22.7. The average Bonchev–Trinajstić information content (AvgIpc) is 3.15. The van der Waals surface area contributed by atoms with E-state index in [0.717, 1.165) is 49.9 Å². The molecule has 3 N–H and O–H groups in total. The Labute approximate surface area is 154 Å². The van der Waals surface area contributed by atoms with Crippen LogP contribution in [0.4, 0.5) is 5.69 Å². The van der Waals surface area contributed by atoms with Crippen LogP contribution in [0.25, 0.3) is 0 Å². The zero-order chi connectivity index (χ0) is 16.8. The molecule has 1 aromatic rings. The van der Waals surface area contributed by atoms with Gasteiger partial charge in [0.1, 0.15) is 6.10 Å². The van der Waals surface area contributed by atoms with Crippen LogP contribution < -0.4 is 16.0 Å². The Morgan fingerprint density at radius 2 is 2.04 bits per heavy atom. The number of anilines is 1. The summed E-state index contributed by atoms with van der Waals surface area (Å²) in [7, 11) is 0. The van der Waals surface area contributed by atoms with Gasteiger partial charge in [-0.15, -0.1) is 12.4 Å². The largest absolute Gasteiger partial charge is 0.368 e. The summed E-state index contributed by atoms with van der Waals surface area (Å²) in [6.07, 6.45) is 4.48. The first kappa shape index (κ1) is 19.7. The van der Waals surface area contributed by atoms with Crippen molar-refractivity contribution in [3.63, 3.8) is 0 Å². The summed E-state index contributed by atoms with van der Waals surface area (Å²) in [4.78, 5) is 24.2. The maximum Gasteiger partial charge on any atom is 0.253 e. The molecule has 0 aliphatic carbocycles. The van der Waals surface area contributed by atoms with Crippen molar-refractivity contribution in [3.05, 3.63) is 29.8 Å². The maximum atomic E-state index is 12.1. The van der Waals surface area contributed by atoms with E-state index >= 15 is 0 Å². The predicted molar refractivity (Wildman–Crippen MR) is 98.8 cm³/mol. The number of rotatable bonds is 5. The number of hydrogen-bond acceptors (Lipinski definition) is 4. The van der Waals surface area contributed by atoms with Crippen LogP contribution in [-0.2, 0) is 20.9 Å². The van der Waals surface area contributed by atoms with Gasteiger partial charge < -0.3 is 20.7 Å². The van der Waals surface area contributed by atoms with Gasteiger partial charge in [-0.1, -0.05) is 18.6 Å². The van der Waals surface area contributed by atoms with Crippen molar-refractivity contribution >= 4 is 29.9 Å². The third-order valence-electron chi connectivity index (χ3n) is 4.51. The van der Waals surface area contributed by atoms with Crippen LogP contribution in [0, 0.1) is 0 Å². The fourth-order valence-corrected chi connectivity index (χ4v) is 3.15. The molecule has 6 nitrogen and oxygen atoms in total. The lowest BCUT2D eigenvalue weighted by molar-refractivity contribution is -0.125. The van der Waals surface area contributed by atoms with Gasteiger partial charge in [0.2, 0.25) is 5.91 Å². The minimum atomic E-state index is -0.342. The number of halogens is 1. The Morgan fingerprint density at radius 1 is 1.16 bits per heavy atom. The number of carbonyl (C=O) groups is 2. The molecule has 2 fully saturated rings. The number of carbonyl (C=O) groups excluding carboxylic acids is 2. The smallest absolute Gasteiger partial charge is 0.253 e. The van der Waals surface area contributed by atoms with Gasteiger partial charge in [-0.05, 0) is 49.9 Å². The molecule has 2 saturated heterocycles. The van der Waals surface area contributed by atoms with Gasteiger partial charge in [0.25, 0.3) is 5.91 Å². The maximum absolute atomic E-state index is 12.1. The number of amides is 2. The summed E-state index contributed by atoms with van der Waals surface area (Å²) >= 11 is 0. The summed E-state index contributed by atoms with van der Waals surface area (Å²) in [6.45, 7) is 2.02. The number of piperidine rings is 1. The van der Waals surface area contributed by atoms with Crippen LogP contribution in [-0.4, -0.2) is 37.1 Å². The molecule has 3 rings (SSSR count). The zero-order valence-corrected chi connectivity index (χ0v) is 15.1. The van der Waals surface area contributed by atoms with E-state index in [0.29, 0.717) is 13.2 Å². The highest BCUT2D eigenvalue weighted by molar-refractivity contribution is 5.94. The lowest BCUT2D eigenvalue weighted by Gasteiger charge is -2.22. The first-order valence-electron chi connectivity index (χ1n) is 8.75. The van der Waals surface area contributed by atoms with Gasteiger partial charge in [0.05, 0.1) is 6.04 Å². The van der Waals surface area contributed by atoms with Gasteiger partial charge in [-0.3, -0.25) is 9.59 Å². The molecule has 2 aliphatic rings. The van der Waals surface area contributed by atoms with E-state index in [9.17, 15) is 9.59 Å². The van der Waals surface area contributed by atoms with E-state index in [1.54, 1.807) is 0 Å². The van der Waals surface area contributed by atoms with Crippen molar-refractivity contribution in [1.82, 2.24) is 10.6 Å². The topological polar surface area (TPSA) is 79.5 Å². The molecule has 2 unspecified atom stereocenters. The lowest BCUT2D eigenvalue weighted by atomic mass is 10.0. The van der Waals surface area contributed by atoms with Crippen LogP contribution in [0.15, 0.2) is 24.3 Å². The molecule has 2 heterocycles. The molecular weight excluding hydrogens is 342 g/mol. The first-order valence-corrected chi connectivity index (χ1v) is 8.75. The zero-order valence-electron chi connectivity index (χ0n) is 14.3. The van der Waals surface area contributed by atoms with E-state index in [1.807, 2.05) is 24.3 Å². The summed E-state index contributed by atoms with van der Waals surface area (Å²) in [5.74, 6) is -0.0522. The van der Waals surface area contributed by atoms with E-state index in [4.69, 9.17) is 4.74 Å². The Bertz CT molecular complexity index is 585. The number of hydrogen-bond donors (Lipinski definition) is 3. The van der Waals surface area contributed by atoms with Crippen LogP contribution in [0.1, 0.15) is 37.7 Å². The molecule has 2 aliphatic heterocycles. The molecule has 2 atom stereocenters. The highest BCUT2D eigenvalue weighted by atomic mass is 35.5. The van der Waals surface area contributed by atoms with E-state index in [1.165, 1.54) is 0 Å². The standard InChI is InChI=1S/C18H25N3O3.ClH/c22-17(15-7-1-2-9-19-15)20-12-13-5-3-6-14(11-13)21-18(23)16-8-4-10-24-16;/h3,5-6,11,15-16,19H,1-2,4,7-10,12H2,(H,20,22)(H,21,23);1H. The third kappa shape index (κ3) is 5.70. The van der Waals surface area contributed by atoms with E-state index < -0.39 is 0 Å². The molecular formula is C18H26ClN3O3. The monoisotopic (exact) mass is 367 g/mol. The fraction of sp³-hybridized carbons (Fsp3) is 0.556. The van der Waals surface area contributed by atoms with Crippen LogP contribution in [0.3, 0.4) is 0 Å².